The van der Waals surface area contributed by atoms with Crippen molar-refractivity contribution in [2.24, 2.45) is 11.8 Å². The van der Waals surface area contributed by atoms with E-state index in [0.717, 1.165) is 18.0 Å². The summed E-state index contributed by atoms with van der Waals surface area (Å²) >= 11 is 0. The summed E-state index contributed by atoms with van der Waals surface area (Å²) in [5.41, 5.74) is 0.954. The van der Waals surface area contributed by atoms with Crippen LogP contribution in [0.5, 0.6) is 0 Å². The quantitative estimate of drug-likeness (QED) is 0.762. The van der Waals surface area contributed by atoms with Gasteiger partial charge in [0.25, 0.3) is 0 Å². The van der Waals surface area contributed by atoms with Crippen molar-refractivity contribution >= 4 is 5.91 Å². The molecule has 1 fully saturated rings. The zero-order valence-electron chi connectivity index (χ0n) is 11.9. The zero-order chi connectivity index (χ0) is 14.2. The van der Waals surface area contributed by atoms with Crippen LogP contribution in [-0.2, 0) is 11.2 Å². The number of hydrogen-bond acceptors (Lipinski definition) is 3. The average Bonchev–Trinajstić information content (AvgIpc) is 2.43. The molecular weight excluding hydrogens is 252 g/mol. The first-order valence-corrected chi connectivity index (χ1v) is 7.55. The van der Waals surface area contributed by atoms with Crippen molar-refractivity contribution in [1.82, 2.24) is 10.3 Å². The van der Waals surface area contributed by atoms with Gasteiger partial charge in [0.2, 0.25) is 5.91 Å². The van der Waals surface area contributed by atoms with Gasteiger partial charge >= 0.3 is 0 Å². The fourth-order valence-electron chi connectivity index (χ4n) is 2.48. The van der Waals surface area contributed by atoms with Crippen LogP contribution in [-0.4, -0.2) is 29.1 Å². The Morgan fingerprint density at radius 1 is 1.45 bits per heavy atom. The van der Waals surface area contributed by atoms with E-state index in [1.54, 1.807) is 6.20 Å². The lowest BCUT2D eigenvalue weighted by molar-refractivity contribution is -0.121. The van der Waals surface area contributed by atoms with E-state index in [-0.39, 0.29) is 18.4 Å². The van der Waals surface area contributed by atoms with Crippen molar-refractivity contribution in [3.05, 3.63) is 30.1 Å². The third-order valence-corrected chi connectivity index (χ3v) is 4.07. The molecule has 1 saturated carbocycles. The van der Waals surface area contributed by atoms with E-state index in [1.165, 1.54) is 19.3 Å². The molecule has 1 heterocycles. The van der Waals surface area contributed by atoms with Crippen molar-refractivity contribution in [3.8, 4) is 0 Å². The molecule has 4 nitrogen and oxygen atoms in total. The number of carbonyl (C=O) groups is 1. The van der Waals surface area contributed by atoms with Crippen LogP contribution >= 0.6 is 0 Å². The second-order valence-corrected chi connectivity index (χ2v) is 5.71. The molecule has 110 valence electrons. The van der Waals surface area contributed by atoms with Crippen molar-refractivity contribution in [1.29, 1.82) is 0 Å². The van der Waals surface area contributed by atoms with E-state index < -0.39 is 0 Å². The molecule has 0 radical (unpaired) electrons. The highest BCUT2D eigenvalue weighted by Gasteiger charge is 2.18. The van der Waals surface area contributed by atoms with E-state index >= 15 is 0 Å². The molecule has 1 aliphatic carbocycles. The van der Waals surface area contributed by atoms with Gasteiger partial charge in [-0.2, -0.15) is 0 Å². The molecule has 1 unspecified atom stereocenters. The van der Waals surface area contributed by atoms with Gasteiger partial charge in [-0.1, -0.05) is 25.3 Å². The summed E-state index contributed by atoms with van der Waals surface area (Å²) in [6, 6.07) is 5.76. The number of nitrogens with zero attached hydrogens (tertiary/aromatic N) is 1. The average molecular weight is 276 g/mol. The third kappa shape index (κ3) is 4.93. The molecule has 1 amide bonds. The molecular formula is C16H24N2O2. The smallest absolute Gasteiger partial charge is 0.220 e. The fraction of sp³-hybridized carbons (Fsp3) is 0.625. The summed E-state index contributed by atoms with van der Waals surface area (Å²) in [7, 11) is 0. The highest BCUT2D eigenvalue weighted by molar-refractivity contribution is 5.75. The molecule has 20 heavy (non-hydrogen) atoms. The molecule has 0 saturated heterocycles. The first kappa shape index (κ1) is 15.0. The highest BCUT2D eigenvalue weighted by atomic mass is 16.3. The number of carbonyl (C=O) groups excluding carboxylic acids is 1. The van der Waals surface area contributed by atoms with Crippen LogP contribution in [0, 0.1) is 11.8 Å². The van der Waals surface area contributed by atoms with Gasteiger partial charge in [0, 0.05) is 37.4 Å². The van der Waals surface area contributed by atoms with Crippen molar-refractivity contribution in [2.45, 2.75) is 38.5 Å². The van der Waals surface area contributed by atoms with Crippen LogP contribution in [0.1, 0.15) is 37.8 Å². The number of amides is 1. The minimum atomic E-state index is 0.0394. The molecule has 2 rings (SSSR count). The summed E-state index contributed by atoms with van der Waals surface area (Å²) < 4.78 is 0. The topological polar surface area (TPSA) is 62.2 Å². The molecule has 0 bridgehead atoms. The third-order valence-electron chi connectivity index (χ3n) is 4.07. The van der Waals surface area contributed by atoms with Gasteiger partial charge in [-0.05, 0) is 30.9 Å². The van der Waals surface area contributed by atoms with E-state index in [0.29, 0.717) is 19.4 Å². The summed E-state index contributed by atoms with van der Waals surface area (Å²) in [5, 5.41) is 12.3. The zero-order valence-corrected chi connectivity index (χ0v) is 11.9. The normalized spacial score (nSPS) is 16.4. The molecule has 2 N–H and O–H groups in total. The van der Waals surface area contributed by atoms with Crippen molar-refractivity contribution in [2.75, 3.05) is 13.2 Å². The maximum absolute atomic E-state index is 11.8. The van der Waals surface area contributed by atoms with Crippen molar-refractivity contribution < 1.29 is 9.90 Å². The van der Waals surface area contributed by atoms with Crippen LogP contribution in [0.3, 0.4) is 0 Å². The molecule has 0 aromatic carbocycles. The number of nitrogens with one attached hydrogen (secondary N) is 1. The summed E-state index contributed by atoms with van der Waals surface area (Å²) in [4.78, 5) is 16.0. The predicted molar refractivity (Wildman–Crippen MR) is 78.1 cm³/mol. The largest absolute Gasteiger partial charge is 0.396 e. The van der Waals surface area contributed by atoms with Crippen LogP contribution in [0.15, 0.2) is 24.4 Å². The van der Waals surface area contributed by atoms with Gasteiger partial charge in [-0.25, -0.2) is 0 Å². The molecule has 1 atom stereocenters. The Morgan fingerprint density at radius 3 is 2.90 bits per heavy atom. The van der Waals surface area contributed by atoms with E-state index in [2.05, 4.69) is 10.3 Å². The van der Waals surface area contributed by atoms with Crippen molar-refractivity contribution in [3.63, 3.8) is 0 Å². The van der Waals surface area contributed by atoms with Gasteiger partial charge in [0.1, 0.15) is 0 Å². The van der Waals surface area contributed by atoms with Gasteiger partial charge < -0.3 is 10.4 Å². The fourth-order valence-corrected chi connectivity index (χ4v) is 2.48. The Kier molecular flexibility index (Phi) is 5.99. The number of aromatic nitrogens is 1. The number of rotatable bonds is 8. The van der Waals surface area contributed by atoms with Crippen LogP contribution in [0.25, 0.3) is 0 Å². The second-order valence-electron chi connectivity index (χ2n) is 5.71. The van der Waals surface area contributed by atoms with Gasteiger partial charge in [0.15, 0.2) is 0 Å². The molecule has 0 spiro atoms. The van der Waals surface area contributed by atoms with E-state index in [4.69, 9.17) is 0 Å². The van der Waals surface area contributed by atoms with E-state index in [1.807, 2.05) is 18.2 Å². The Morgan fingerprint density at radius 2 is 2.30 bits per heavy atom. The molecule has 1 aromatic rings. The molecule has 0 aliphatic heterocycles. The number of hydrogen-bond donors (Lipinski definition) is 2. The predicted octanol–water partition coefficient (Wildman–Crippen LogP) is 1.93. The first-order valence-electron chi connectivity index (χ1n) is 7.55. The highest BCUT2D eigenvalue weighted by Crippen LogP contribution is 2.30. The Bertz CT molecular complexity index is 404. The number of aliphatic hydroxyl groups is 1. The minimum absolute atomic E-state index is 0.0394. The lowest BCUT2D eigenvalue weighted by Crippen LogP contribution is -2.32. The molecule has 4 heteroatoms. The first-order chi connectivity index (χ1) is 9.78. The maximum Gasteiger partial charge on any atom is 0.220 e. The lowest BCUT2D eigenvalue weighted by atomic mass is 9.82. The monoisotopic (exact) mass is 276 g/mol. The van der Waals surface area contributed by atoms with Gasteiger partial charge in [-0.3, -0.25) is 9.78 Å². The summed E-state index contributed by atoms with van der Waals surface area (Å²) in [5.74, 6) is 0.914. The standard InChI is InChI=1S/C16H24N2O2/c19-12-14(10-15-6-1-2-9-17-15)11-18-16(20)8-7-13-4-3-5-13/h1-2,6,9,13-14,19H,3-5,7-8,10-12H2,(H,18,20). The van der Waals surface area contributed by atoms with Gasteiger partial charge in [-0.15, -0.1) is 0 Å². The summed E-state index contributed by atoms with van der Waals surface area (Å²) in [6.45, 7) is 0.593. The SMILES string of the molecule is O=C(CCC1CCC1)NCC(CO)Cc1ccccn1. The van der Waals surface area contributed by atoms with Crippen LogP contribution < -0.4 is 5.32 Å². The van der Waals surface area contributed by atoms with E-state index in [9.17, 15) is 9.90 Å². The van der Waals surface area contributed by atoms with Crippen LogP contribution in [0.4, 0.5) is 0 Å². The summed E-state index contributed by atoms with van der Waals surface area (Å²) in [6.07, 6.45) is 7.96. The van der Waals surface area contributed by atoms with Gasteiger partial charge in [0.05, 0.1) is 0 Å². The Labute approximate surface area is 120 Å². The Balaban J connectivity index is 1.66. The maximum atomic E-state index is 11.8. The molecule has 1 aliphatic rings. The number of pyridine rings is 1. The second kappa shape index (κ2) is 8.00. The Hall–Kier alpha value is -1.42. The van der Waals surface area contributed by atoms with Crippen LogP contribution in [0.2, 0.25) is 0 Å². The minimum Gasteiger partial charge on any atom is -0.396 e. The lowest BCUT2D eigenvalue weighted by Gasteiger charge is -2.24. The number of aliphatic hydroxyl groups excluding tert-OH is 1. The molecule has 1 aromatic heterocycles.